The maximum Gasteiger partial charge on any atom is 3.00 e. The monoisotopic (exact) mass is 119 g/mol. The smallest absolute Gasteiger partial charge is 0.0622 e. The van der Waals surface area contributed by atoms with Gasteiger partial charge in [-0.25, -0.2) is 0 Å². The van der Waals surface area contributed by atoms with Gasteiger partial charge in [-0.3, -0.25) is 0 Å². The zero-order valence-corrected chi connectivity index (χ0v) is 6.12. The van der Waals surface area contributed by atoms with Gasteiger partial charge in [0.15, 0.2) is 0 Å². The number of benzene rings is 1. The van der Waals surface area contributed by atoms with Crippen LogP contribution in [0.3, 0.4) is 0 Å². The van der Waals surface area contributed by atoms with Crippen LogP contribution in [0, 0.1) is 6.92 Å². The summed E-state index contributed by atoms with van der Waals surface area (Å²) in [6, 6.07) is 10.3. The molecule has 0 heterocycles. The molecule has 0 unspecified atom stereocenters. The molecule has 0 aromatic heterocycles. The van der Waals surface area contributed by atoms with Crippen molar-refractivity contribution in [1.82, 2.24) is 0 Å². The van der Waals surface area contributed by atoms with Crippen LogP contribution in [0.25, 0.3) is 0 Å². The first kappa shape index (κ1) is 7.75. The Bertz CT molecular complexity index is 134. The number of hydrogen-bond donors (Lipinski definition) is 0. The van der Waals surface area contributed by atoms with E-state index in [1.807, 2.05) is 18.2 Å². The van der Waals surface area contributed by atoms with Gasteiger partial charge in [0.2, 0.25) is 0 Å². The predicted octanol–water partition coefficient (Wildman–Crippen LogP) is 1.61. The molecule has 1 aromatic rings. The third-order valence-electron chi connectivity index (χ3n) is 0.940. The molecule has 0 nitrogen and oxygen atoms in total. The van der Waals surface area contributed by atoms with E-state index in [2.05, 4.69) is 19.1 Å². The minimum Gasteiger partial charge on any atom is -0.0622 e. The second-order valence-electron chi connectivity index (χ2n) is 1.65. The predicted molar refractivity (Wildman–Crippen MR) is 36.9 cm³/mol. The average Bonchev–Trinajstić information content (AvgIpc) is 1.69. The van der Waals surface area contributed by atoms with Crippen molar-refractivity contribution in [3.8, 4) is 0 Å². The van der Waals surface area contributed by atoms with Crippen LogP contribution >= 0.6 is 0 Å². The number of rotatable bonds is 0. The normalized spacial score (nSPS) is 7.62. The van der Waals surface area contributed by atoms with Crippen molar-refractivity contribution in [1.29, 1.82) is 0 Å². The molecule has 0 spiro atoms. The summed E-state index contributed by atoms with van der Waals surface area (Å²) in [5.41, 5.74) is 1.32. The maximum atomic E-state index is 2.08. The molecule has 0 radical (unpaired) electrons. The Morgan fingerprint density at radius 3 is 1.75 bits per heavy atom. The number of hydrogen-bond acceptors (Lipinski definition) is 0. The Morgan fingerprint density at radius 1 is 1.00 bits per heavy atom. The topological polar surface area (TPSA) is 0 Å². The van der Waals surface area contributed by atoms with Gasteiger partial charge in [-0.1, -0.05) is 35.9 Å². The molecule has 1 aromatic carbocycles. The zero-order chi connectivity index (χ0) is 5.11. The van der Waals surface area contributed by atoms with Crippen molar-refractivity contribution < 1.29 is 0 Å². The summed E-state index contributed by atoms with van der Waals surface area (Å²) < 4.78 is 0. The molecule has 1 heteroatoms. The molecule has 0 aliphatic carbocycles. The van der Waals surface area contributed by atoms with Crippen LogP contribution < -0.4 is 0 Å². The first-order valence-corrected chi connectivity index (χ1v) is 2.41. The second kappa shape index (κ2) is 3.72. The summed E-state index contributed by atoms with van der Waals surface area (Å²) in [5, 5.41) is 0. The number of aryl methyl sites for hydroxylation is 1. The summed E-state index contributed by atoms with van der Waals surface area (Å²) in [7, 11) is 0. The van der Waals surface area contributed by atoms with Gasteiger partial charge in [-0.15, -0.1) is 0 Å². The molecule has 0 bridgehead atoms. The molecule has 1 rings (SSSR count). The molecule has 0 aliphatic heterocycles. The molecular formula is C7H8Al+3. The Morgan fingerprint density at radius 2 is 1.50 bits per heavy atom. The van der Waals surface area contributed by atoms with Crippen molar-refractivity contribution in [2.45, 2.75) is 6.92 Å². The second-order valence-corrected chi connectivity index (χ2v) is 1.65. The van der Waals surface area contributed by atoms with Crippen LogP contribution in [0.1, 0.15) is 5.56 Å². The van der Waals surface area contributed by atoms with Gasteiger partial charge < -0.3 is 0 Å². The minimum absolute atomic E-state index is 0. The molecule has 0 fully saturated rings. The van der Waals surface area contributed by atoms with E-state index < -0.39 is 0 Å². The fraction of sp³-hybridized carbons (Fsp3) is 0.143. The standard InChI is InChI=1S/C7H8.Al/c1-7-5-3-2-4-6-7;/h2-6H,1H3;/q;+3. The first-order valence-electron chi connectivity index (χ1n) is 2.41. The van der Waals surface area contributed by atoms with E-state index >= 15 is 0 Å². The van der Waals surface area contributed by atoms with Gasteiger partial charge in [0.05, 0.1) is 0 Å². The SMILES string of the molecule is Cc1ccccc1.[Al+3]. The van der Waals surface area contributed by atoms with Crippen LogP contribution in [0.15, 0.2) is 30.3 Å². The summed E-state index contributed by atoms with van der Waals surface area (Å²) in [6.45, 7) is 2.08. The van der Waals surface area contributed by atoms with E-state index in [9.17, 15) is 0 Å². The van der Waals surface area contributed by atoms with Crippen molar-refractivity contribution in [3.05, 3.63) is 35.9 Å². The third kappa shape index (κ3) is 2.16. The van der Waals surface area contributed by atoms with Gasteiger partial charge in [0.1, 0.15) is 0 Å². The Labute approximate surface area is 60.7 Å². The maximum absolute atomic E-state index is 2.08. The van der Waals surface area contributed by atoms with Gasteiger partial charge in [0.25, 0.3) is 0 Å². The molecule has 0 atom stereocenters. The molecule has 0 saturated heterocycles. The van der Waals surface area contributed by atoms with Gasteiger partial charge in [0, 0.05) is 0 Å². The fourth-order valence-corrected chi connectivity index (χ4v) is 0.534. The first-order chi connectivity index (χ1) is 3.39. The summed E-state index contributed by atoms with van der Waals surface area (Å²) in [5.74, 6) is 0. The van der Waals surface area contributed by atoms with Crippen LogP contribution in [-0.2, 0) is 0 Å². The van der Waals surface area contributed by atoms with E-state index in [1.54, 1.807) is 0 Å². The average molecular weight is 119 g/mol. The van der Waals surface area contributed by atoms with E-state index in [0.717, 1.165) is 0 Å². The Kier molecular flexibility index (Phi) is 3.60. The summed E-state index contributed by atoms with van der Waals surface area (Å²) in [4.78, 5) is 0. The van der Waals surface area contributed by atoms with Crippen molar-refractivity contribution >= 4 is 17.4 Å². The summed E-state index contributed by atoms with van der Waals surface area (Å²) >= 11 is 0. The van der Waals surface area contributed by atoms with E-state index in [0.29, 0.717) is 0 Å². The molecule has 0 saturated carbocycles. The van der Waals surface area contributed by atoms with E-state index in [4.69, 9.17) is 0 Å². The molecule has 0 N–H and O–H groups in total. The minimum atomic E-state index is 0. The van der Waals surface area contributed by atoms with Crippen LogP contribution in [0.2, 0.25) is 0 Å². The quantitative estimate of drug-likeness (QED) is 0.455. The molecule has 8 heavy (non-hydrogen) atoms. The van der Waals surface area contributed by atoms with Crippen LogP contribution in [0.5, 0.6) is 0 Å². The molecule has 36 valence electrons. The van der Waals surface area contributed by atoms with Crippen LogP contribution in [-0.4, -0.2) is 17.4 Å². The van der Waals surface area contributed by atoms with Crippen molar-refractivity contribution in [2.24, 2.45) is 0 Å². The van der Waals surface area contributed by atoms with Gasteiger partial charge in [-0.2, -0.15) is 0 Å². The summed E-state index contributed by atoms with van der Waals surface area (Å²) in [6.07, 6.45) is 0. The van der Waals surface area contributed by atoms with Crippen LogP contribution in [0.4, 0.5) is 0 Å². The van der Waals surface area contributed by atoms with Gasteiger partial charge >= 0.3 is 17.4 Å². The largest absolute Gasteiger partial charge is 3.00 e. The zero-order valence-electron chi connectivity index (χ0n) is 4.96. The fourth-order valence-electron chi connectivity index (χ4n) is 0.534. The van der Waals surface area contributed by atoms with E-state index in [-0.39, 0.29) is 17.4 Å². The van der Waals surface area contributed by atoms with Gasteiger partial charge in [-0.05, 0) is 6.92 Å². The Hall–Kier alpha value is -0.248. The molecular weight excluding hydrogens is 111 g/mol. The Balaban J connectivity index is 0.000000490. The van der Waals surface area contributed by atoms with E-state index in [1.165, 1.54) is 5.56 Å². The van der Waals surface area contributed by atoms with Crippen molar-refractivity contribution in [3.63, 3.8) is 0 Å². The van der Waals surface area contributed by atoms with Crippen molar-refractivity contribution in [2.75, 3.05) is 0 Å². The molecule has 0 amide bonds. The third-order valence-corrected chi connectivity index (χ3v) is 0.940. The molecule has 0 aliphatic rings.